The predicted molar refractivity (Wildman–Crippen MR) is 94.6 cm³/mol. The largest absolute Gasteiger partial charge is 0.417 e. The second-order valence-electron chi connectivity index (χ2n) is 5.27. The minimum Gasteiger partial charge on any atom is -0.280 e. The summed E-state index contributed by atoms with van der Waals surface area (Å²) in [5, 5.41) is -0.626. The van der Waals surface area contributed by atoms with Crippen LogP contribution in [0.2, 0.25) is 5.02 Å². The van der Waals surface area contributed by atoms with Crippen LogP contribution in [0.15, 0.2) is 52.3 Å². The molecule has 0 aliphatic carbocycles. The molecule has 0 bridgehead atoms. The van der Waals surface area contributed by atoms with Gasteiger partial charge in [0.15, 0.2) is 0 Å². The van der Waals surface area contributed by atoms with E-state index in [0.717, 1.165) is 12.1 Å². The lowest BCUT2D eigenvalue weighted by atomic mass is 10.2. The zero-order chi connectivity index (χ0) is 20.5. The van der Waals surface area contributed by atoms with E-state index in [9.17, 15) is 30.0 Å². The molecule has 27 heavy (non-hydrogen) atoms. The highest BCUT2D eigenvalue weighted by Crippen LogP contribution is 2.36. The average Bonchev–Trinajstić information content (AvgIpc) is 2.54. The molecule has 0 fully saturated rings. The van der Waals surface area contributed by atoms with E-state index in [1.807, 2.05) is 0 Å². The lowest BCUT2D eigenvalue weighted by Crippen LogP contribution is -2.23. The van der Waals surface area contributed by atoms with Gasteiger partial charge in [0, 0.05) is 12.2 Å². The minimum atomic E-state index is -4.81. The number of nitrogens with one attached hydrogen (secondary N) is 2. The molecule has 2 aromatic rings. The fourth-order valence-electron chi connectivity index (χ4n) is 2.08. The zero-order valence-electron chi connectivity index (χ0n) is 13.7. The Balaban J connectivity index is 2.32. The van der Waals surface area contributed by atoms with E-state index >= 15 is 0 Å². The van der Waals surface area contributed by atoms with Crippen molar-refractivity contribution in [1.29, 1.82) is 0 Å². The van der Waals surface area contributed by atoms with Crippen molar-refractivity contribution >= 4 is 37.3 Å². The first-order valence-electron chi connectivity index (χ1n) is 7.36. The number of sulfonamides is 2. The number of alkyl halides is 3. The standard InChI is InChI=1S/C15H14ClF3N2O4S2/c1-2-20-26(22,23)11-5-3-10(4-6-11)21-27(24,25)12-7-8-14(16)13(9-12)15(17,18)19/h3-9,20-21H,2H2,1H3. The summed E-state index contributed by atoms with van der Waals surface area (Å²) >= 11 is 5.48. The van der Waals surface area contributed by atoms with Crippen LogP contribution in [0.25, 0.3) is 0 Å². The Hall–Kier alpha value is -1.82. The number of rotatable bonds is 6. The maximum atomic E-state index is 12.9. The third-order valence-electron chi connectivity index (χ3n) is 3.30. The van der Waals surface area contributed by atoms with Crippen LogP contribution in [0, 0.1) is 0 Å². The van der Waals surface area contributed by atoms with Gasteiger partial charge in [-0.15, -0.1) is 0 Å². The van der Waals surface area contributed by atoms with Crippen LogP contribution in [0.4, 0.5) is 18.9 Å². The van der Waals surface area contributed by atoms with Crippen molar-refractivity contribution in [2.45, 2.75) is 22.9 Å². The Bertz CT molecular complexity index is 1040. The van der Waals surface area contributed by atoms with Crippen molar-refractivity contribution in [2.75, 3.05) is 11.3 Å². The predicted octanol–water partition coefficient (Wildman–Crippen LogP) is 3.46. The molecule has 2 aromatic carbocycles. The molecule has 12 heteroatoms. The summed E-state index contributed by atoms with van der Waals surface area (Å²) in [6, 6.07) is 6.89. The van der Waals surface area contributed by atoms with Gasteiger partial charge in [-0.1, -0.05) is 18.5 Å². The Morgan fingerprint density at radius 1 is 0.926 bits per heavy atom. The van der Waals surface area contributed by atoms with Crippen LogP contribution in [-0.2, 0) is 26.2 Å². The van der Waals surface area contributed by atoms with Crippen molar-refractivity contribution < 1.29 is 30.0 Å². The highest BCUT2D eigenvalue weighted by atomic mass is 35.5. The molecule has 0 amide bonds. The molecule has 0 aliphatic rings. The molecule has 2 rings (SSSR count). The molecular weight excluding hydrogens is 429 g/mol. The molecule has 0 aromatic heterocycles. The van der Waals surface area contributed by atoms with Crippen LogP contribution in [0.1, 0.15) is 12.5 Å². The number of halogens is 4. The topological polar surface area (TPSA) is 92.3 Å². The smallest absolute Gasteiger partial charge is 0.280 e. The van der Waals surface area contributed by atoms with Gasteiger partial charge in [0.2, 0.25) is 10.0 Å². The molecular formula is C15H14ClF3N2O4S2. The molecule has 0 heterocycles. The molecule has 0 radical (unpaired) electrons. The summed E-state index contributed by atoms with van der Waals surface area (Å²) in [5.41, 5.74) is -1.30. The van der Waals surface area contributed by atoms with Gasteiger partial charge in [-0.25, -0.2) is 21.6 Å². The summed E-state index contributed by atoms with van der Waals surface area (Å²) in [4.78, 5) is -0.721. The summed E-state index contributed by atoms with van der Waals surface area (Å²) in [6.45, 7) is 1.77. The van der Waals surface area contributed by atoms with Gasteiger partial charge in [-0.3, -0.25) is 4.72 Å². The summed E-state index contributed by atoms with van der Waals surface area (Å²) in [5.74, 6) is 0. The van der Waals surface area contributed by atoms with Crippen molar-refractivity contribution in [2.24, 2.45) is 0 Å². The SMILES string of the molecule is CCNS(=O)(=O)c1ccc(NS(=O)(=O)c2ccc(Cl)c(C(F)(F)F)c2)cc1. The van der Waals surface area contributed by atoms with Gasteiger partial charge < -0.3 is 0 Å². The third-order valence-corrected chi connectivity index (χ3v) is 6.57. The lowest BCUT2D eigenvalue weighted by molar-refractivity contribution is -0.137. The van der Waals surface area contributed by atoms with Crippen LogP contribution < -0.4 is 9.44 Å². The van der Waals surface area contributed by atoms with E-state index in [1.54, 1.807) is 6.92 Å². The van der Waals surface area contributed by atoms with Crippen molar-refractivity contribution in [3.63, 3.8) is 0 Å². The van der Waals surface area contributed by atoms with E-state index in [1.165, 1.54) is 24.3 Å². The van der Waals surface area contributed by atoms with Crippen molar-refractivity contribution in [3.05, 3.63) is 53.1 Å². The van der Waals surface area contributed by atoms with E-state index < -0.39 is 41.7 Å². The Labute approximate surface area is 159 Å². The first-order valence-corrected chi connectivity index (χ1v) is 10.7. The fraction of sp³-hybridized carbons (Fsp3) is 0.200. The van der Waals surface area contributed by atoms with E-state index in [4.69, 9.17) is 11.6 Å². The van der Waals surface area contributed by atoms with Gasteiger partial charge in [-0.2, -0.15) is 13.2 Å². The van der Waals surface area contributed by atoms with Crippen molar-refractivity contribution in [1.82, 2.24) is 4.72 Å². The minimum absolute atomic E-state index is 0.0195. The molecule has 0 spiro atoms. The molecule has 0 atom stereocenters. The highest BCUT2D eigenvalue weighted by Gasteiger charge is 2.34. The fourth-order valence-corrected chi connectivity index (χ4v) is 4.43. The maximum Gasteiger partial charge on any atom is 0.417 e. The van der Waals surface area contributed by atoms with Gasteiger partial charge in [0.25, 0.3) is 10.0 Å². The molecule has 0 saturated carbocycles. The highest BCUT2D eigenvalue weighted by molar-refractivity contribution is 7.92. The Morgan fingerprint density at radius 2 is 1.48 bits per heavy atom. The van der Waals surface area contributed by atoms with Crippen LogP contribution in [0.3, 0.4) is 0 Å². The number of hydrogen-bond donors (Lipinski definition) is 2. The van der Waals surface area contributed by atoms with Gasteiger partial charge in [0.1, 0.15) is 0 Å². The molecule has 0 unspecified atom stereocenters. The molecule has 6 nitrogen and oxygen atoms in total. The van der Waals surface area contributed by atoms with E-state index in [2.05, 4.69) is 9.44 Å². The number of anilines is 1. The third kappa shape index (κ3) is 5.12. The van der Waals surface area contributed by atoms with Crippen LogP contribution in [-0.4, -0.2) is 23.4 Å². The van der Waals surface area contributed by atoms with Crippen molar-refractivity contribution in [3.8, 4) is 0 Å². The van der Waals surface area contributed by atoms with E-state index in [-0.39, 0.29) is 17.1 Å². The normalized spacial score (nSPS) is 12.8. The summed E-state index contributed by atoms with van der Waals surface area (Å²) in [6.07, 6.45) is -4.81. The second-order valence-corrected chi connectivity index (χ2v) is 9.13. The van der Waals surface area contributed by atoms with Crippen LogP contribution in [0.5, 0.6) is 0 Å². The second kappa shape index (κ2) is 7.66. The number of benzene rings is 2. The maximum absolute atomic E-state index is 12.9. The molecule has 0 saturated heterocycles. The van der Waals surface area contributed by atoms with Gasteiger partial charge in [0.05, 0.1) is 20.4 Å². The lowest BCUT2D eigenvalue weighted by Gasteiger charge is -2.13. The van der Waals surface area contributed by atoms with E-state index in [0.29, 0.717) is 6.07 Å². The number of hydrogen-bond acceptors (Lipinski definition) is 4. The summed E-state index contributed by atoms with van der Waals surface area (Å²) in [7, 11) is -8.06. The Morgan fingerprint density at radius 3 is 2.00 bits per heavy atom. The van der Waals surface area contributed by atoms with Crippen LogP contribution >= 0.6 is 11.6 Å². The first-order chi connectivity index (χ1) is 12.4. The summed E-state index contributed by atoms with van der Waals surface area (Å²) < 4.78 is 91.4. The quantitative estimate of drug-likeness (QED) is 0.716. The molecule has 0 aliphatic heterocycles. The van der Waals surface area contributed by atoms with Gasteiger partial charge >= 0.3 is 6.18 Å². The average molecular weight is 443 g/mol. The zero-order valence-corrected chi connectivity index (χ0v) is 16.1. The Kier molecular flexibility index (Phi) is 6.10. The van der Waals surface area contributed by atoms with Gasteiger partial charge in [-0.05, 0) is 42.5 Å². The monoisotopic (exact) mass is 442 g/mol. The first kappa shape index (κ1) is 21.5. The molecule has 2 N–H and O–H groups in total. The molecule has 148 valence electrons.